The van der Waals surface area contributed by atoms with Gasteiger partial charge in [0.2, 0.25) is 0 Å². The van der Waals surface area contributed by atoms with Crippen molar-refractivity contribution in [2.45, 2.75) is 0 Å². The highest BCUT2D eigenvalue weighted by Gasteiger charge is 2.11. The standard InChI is InChI=1S/C14H16N4O2/c1-17(2)12-5-3-4-10(8-12)16-11-6-7-14(18(19)20)13(15)9-11/h3-9,16H,15H2,1-2H3. The van der Waals surface area contributed by atoms with E-state index in [2.05, 4.69) is 5.32 Å². The lowest BCUT2D eigenvalue weighted by Crippen LogP contribution is -2.08. The summed E-state index contributed by atoms with van der Waals surface area (Å²) in [6.45, 7) is 0. The van der Waals surface area contributed by atoms with Gasteiger partial charge in [0.05, 0.1) is 4.92 Å². The highest BCUT2D eigenvalue weighted by molar-refractivity contribution is 5.71. The van der Waals surface area contributed by atoms with E-state index < -0.39 is 4.92 Å². The number of hydrogen-bond donors (Lipinski definition) is 2. The number of nitrogens with zero attached hydrogens (tertiary/aromatic N) is 2. The molecule has 2 aromatic rings. The number of nitrogens with one attached hydrogen (secondary N) is 1. The van der Waals surface area contributed by atoms with Crippen molar-refractivity contribution in [3.8, 4) is 0 Å². The molecule has 0 saturated carbocycles. The average Bonchev–Trinajstić information content (AvgIpc) is 2.38. The second kappa shape index (κ2) is 5.48. The summed E-state index contributed by atoms with van der Waals surface area (Å²) in [4.78, 5) is 12.2. The topological polar surface area (TPSA) is 84.4 Å². The van der Waals surface area contributed by atoms with Crippen molar-refractivity contribution in [2.24, 2.45) is 0 Å². The van der Waals surface area contributed by atoms with Crippen molar-refractivity contribution in [3.05, 3.63) is 52.6 Å². The minimum Gasteiger partial charge on any atom is -0.393 e. The third kappa shape index (κ3) is 2.97. The fraction of sp³-hybridized carbons (Fsp3) is 0.143. The van der Waals surface area contributed by atoms with Gasteiger partial charge in [-0.2, -0.15) is 0 Å². The highest BCUT2D eigenvalue weighted by Crippen LogP contribution is 2.27. The molecule has 0 fully saturated rings. The molecule has 0 aliphatic rings. The van der Waals surface area contributed by atoms with Crippen molar-refractivity contribution < 1.29 is 4.92 Å². The van der Waals surface area contributed by atoms with Gasteiger partial charge in [0.25, 0.3) is 5.69 Å². The number of nitro benzene ring substituents is 1. The van der Waals surface area contributed by atoms with Crippen LogP contribution in [0.3, 0.4) is 0 Å². The van der Waals surface area contributed by atoms with Gasteiger partial charge in [-0.3, -0.25) is 10.1 Å². The molecule has 6 heteroatoms. The highest BCUT2D eigenvalue weighted by atomic mass is 16.6. The summed E-state index contributed by atoms with van der Waals surface area (Å²) in [6, 6.07) is 12.4. The van der Waals surface area contributed by atoms with Gasteiger partial charge in [0.15, 0.2) is 0 Å². The van der Waals surface area contributed by atoms with Crippen LogP contribution >= 0.6 is 0 Å². The van der Waals surface area contributed by atoms with Crippen molar-refractivity contribution in [1.82, 2.24) is 0 Å². The molecule has 0 bridgehead atoms. The Labute approximate surface area is 117 Å². The van der Waals surface area contributed by atoms with Gasteiger partial charge < -0.3 is 16.0 Å². The van der Waals surface area contributed by atoms with Gasteiger partial charge in [0, 0.05) is 37.2 Å². The molecule has 0 atom stereocenters. The fourth-order valence-corrected chi connectivity index (χ4v) is 1.83. The maximum absolute atomic E-state index is 10.7. The smallest absolute Gasteiger partial charge is 0.292 e. The van der Waals surface area contributed by atoms with E-state index >= 15 is 0 Å². The lowest BCUT2D eigenvalue weighted by Gasteiger charge is -2.14. The lowest BCUT2D eigenvalue weighted by atomic mass is 10.2. The Balaban J connectivity index is 2.24. The quantitative estimate of drug-likeness (QED) is 0.508. The molecular weight excluding hydrogens is 256 g/mol. The number of nitro groups is 1. The van der Waals surface area contributed by atoms with Crippen molar-refractivity contribution in [1.29, 1.82) is 0 Å². The zero-order valence-corrected chi connectivity index (χ0v) is 11.3. The molecular formula is C14H16N4O2. The van der Waals surface area contributed by atoms with Crippen LogP contribution in [0.2, 0.25) is 0 Å². The van der Waals surface area contributed by atoms with Crippen LogP contribution < -0.4 is 16.0 Å². The third-order valence-electron chi connectivity index (χ3n) is 2.88. The predicted octanol–water partition coefficient (Wildman–Crippen LogP) is 2.99. The molecule has 0 aliphatic carbocycles. The third-order valence-corrected chi connectivity index (χ3v) is 2.88. The second-order valence-corrected chi connectivity index (χ2v) is 4.60. The molecule has 3 N–H and O–H groups in total. The summed E-state index contributed by atoms with van der Waals surface area (Å²) in [5.74, 6) is 0. The molecule has 0 aromatic heterocycles. The molecule has 104 valence electrons. The van der Waals surface area contributed by atoms with Crippen LogP contribution in [0.1, 0.15) is 0 Å². The summed E-state index contributed by atoms with van der Waals surface area (Å²) in [5.41, 5.74) is 8.39. The van der Waals surface area contributed by atoms with Gasteiger partial charge in [-0.1, -0.05) is 6.07 Å². The van der Waals surface area contributed by atoms with Crippen molar-refractivity contribution in [3.63, 3.8) is 0 Å². The van der Waals surface area contributed by atoms with Crippen LogP contribution in [-0.4, -0.2) is 19.0 Å². The van der Waals surface area contributed by atoms with E-state index in [1.54, 1.807) is 12.1 Å². The monoisotopic (exact) mass is 272 g/mol. The Hall–Kier alpha value is -2.76. The van der Waals surface area contributed by atoms with Gasteiger partial charge in [-0.25, -0.2) is 0 Å². The largest absolute Gasteiger partial charge is 0.393 e. The Morgan fingerprint density at radius 2 is 1.85 bits per heavy atom. The first-order chi connectivity index (χ1) is 9.47. The van der Waals surface area contributed by atoms with E-state index in [0.717, 1.165) is 11.4 Å². The number of hydrogen-bond acceptors (Lipinski definition) is 5. The summed E-state index contributed by atoms with van der Waals surface area (Å²) >= 11 is 0. The molecule has 0 saturated heterocycles. The maximum atomic E-state index is 10.7. The van der Waals surface area contributed by atoms with E-state index in [-0.39, 0.29) is 11.4 Å². The Bertz CT molecular complexity index is 641. The summed E-state index contributed by atoms with van der Waals surface area (Å²) in [7, 11) is 3.92. The summed E-state index contributed by atoms with van der Waals surface area (Å²) in [6.07, 6.45) is 0. The number of benzene rings is 2. The van der Waals surface area contributed by atoms with Crippen LogP contribution in [0.4, 0.5) is 28.4 Å². The van der Waals surface area contributed by atoms with E-state index in [1.165, 1.54) is 6.07 Å². The first kappa shape index (κ1) is 13.7. The van der Waals surface area contributed by atoms with Crippen molar-refractivity contribution in [2.75, 3.05) is 30.0 Å². The van der Waals surface area contributed by atoms with Gasteiger partial charge in [-0.05, 0) is 30.3 Å². The Morgan fingerprint density at radius 3 is 2.45 bits per heavy atom. The molecule has 2 aromatic carbocycles. The molecule has 0 unspecified atom stereocenters. The first-order valence-corrected chi connectivity index (χ1v) is 6.05. The van der Waals surface area contributed by atoms with E-state index in [0.29, 0.717) is 5.69 Å². The molecule has 0 radical (unpaired) electrons. The lowest BCUT2D eigenvalue weighted by molar-refractivity contribution is -0.383. The van der Waals surface area contributed by atoms with Crippen LogP contribution in [0.25, 0.3) is 0 Å². The maximum Gasteiger partial charge on any atom is 0.292 e. The zero-order chi connectivity index (χ0) is 14.7. The molecule has 20 heavy (non-hydrogen) atoms. The molecule has 0 spiro atoms. The van der Waals surface area contributed by atoms with E-state index in [4.69, 9.17) is 5.73 Å². The minimum atomic E-state index is -0.494. The van der Waals surface area contributed by atoms with Crippen LogP contribution in [0, 0.1) is 10.1 Å². The predicted molar refractivity (Wildman–Crippen MR) is 81.6 cm³/mol. The molecule has 0 amide bonds. The average molecular weight is 272 g/mol. The second-order valence-electron chi connectivity index (χ2n) is 4.60. The summed E-state index contributed by atoms with van der Waals surface area (Å²) < 4.78 is 0. The number of rotatable bonds is 4. The molecule has 0 heterocycles. The van der Waals surface area contributed by atoms with Crippen LogP contribution in [-0.2, 0) is 0 Å². The number of nitrogens with two attached hydrogens (primary N) is 1. The normalized spacial score (nSPS) is 10.1. The van der Waals surface area contributed by atoms with Gasteiger partial charge >= 0.3 is 0 Å². The first-order valence-electron chi connectivity index (χ1n) is 6.05. The van der Waals surface area contributed by atoms with Crippen LogP contribution in [0.15, 0.2) is 42.5 Å². The minimum absolute atomic E-state index is 0.0856. The number of anilines is 4. The number of nitrogen functional groups attached to an aromatic ring is 1. The van der Waals surface area contributed by atoms with Crippen LogP contribution in [0.5, 0.6) is 0 Å². The Kier molecular flexibility index (Phi) is 3.74. The van der Waals surface area contributed by atoms with E-state index in [1.807, 2.05) is 43.3 Å². The fourth-order valence-electron chi connectivity index (χ4n) is 1.83. The molecule has 2 rings (SSSR count). The summed E-state index contributed by atoms with van der Waals surface area (Å²) in [5, 5.41) is 13.9. The van der Waals surface area contributed by atoms with Gasteiger partial charge in [-0.15, -0.1) is 0 Å². The SMILES string of the molecule is CN(C)c1cccc(Nc2ccc([N+](=O)[O-])c(N)c2)c1. The van der Waals surface area contributed by atoms with Gasteiger partial charge in [0.1, 0.15) is 5.69 Å². The van der Waals surface area contributed by atoms with E-state index in [9.17, 15) is 10.1 Å². The molecule has 0 aliphatic heterocycles. The van der Waals surface area contributed by atoms with Crippen molar-refractivity contribution >= 4 is 28.4 Å². The zero-order valence-electron chi connectivity index (χ0n) is 11.3. The Morgan fingerprint density at radius 1 is 1.15 bits per heavy atom. The molecule has 6 nitrogen and oxygen atoms in total.